The zero-order valence-electron chi connectivity index (χ0n) is 13.3. The van der Waals surface area contributed by atoms with Gasteiger partial charge in [0.2, 0.25) is 10.0 Å². The van der Waals surface area contributed by atoms with Gasteiger partial charge in [-0.2, -0.15) is 0 Å². The summed E-state index contributed by atoms with van der Waals surface area (Å²) in [7, 11) is -3.25. The maximum absolute atomic E-state index is 12.5. The Morgan fingerprint density at radius 3 is 2.82 bits per heavy atom. The number of rotatable bonds is 5. The van der Waals surface area contributed by atoms with Gasteiger partial charge in [-0.15, -0.1) is 0 Å². The highest BCUT2D eigenvalue weighted by Crippen LogP contribution is 2.20. The number of amides is 1. The van der Waals surface area contributed by atoms with Crippen LogP contribution in [0, 0.1) is 12.8 Å². The third-order valence-electron chi connectivity index (χ3n) is 4.09. The summed E-state index contributed by atoms with van der Waals surface area (Å²) in [5, 5.41) is -0.442. The molecule has 1 aliphatic rings. The molecule has 7 heteroatoms. The maximum atomic E-state index is 12.5. The Morgan fingerprint density at radius 2 is 2.23 bits per heavy atom. The zero-order valence-corrected chi connectivity index (χ0v) is 14.1. The summed E-state index contributed by atoms with van der Waals surface area (Å²) in [6.45, 7) is 6.74. The Bertz CT molecular complexity index is 621. The number of carbonyl (C=O) groups is 1. The number of piperidine rings is 1. The van der Waals surface area contributed by atoms with Crippen molar-refractivity contribution in [2.75, 3.05) is 19.6 Å². The summed E-state index contributed by atoms with van der Waals surface area (Å²) in [6, 6.07) is 1.68. The lowest BCUT2D eigenvalue weighted by Crippen LogP contribution is -2.44. The summed E-state index contributed by atoms with van der Waals surface area (Å²) in [5.74, 6) is 0.730. The zero-order chi connectivity index (χ0) is 16.3. The molecule has 1 aliphatic heterocycles. The van der Waals surface area contributed by atoms with E-state index in [0.717, 1.165) is 12.8 Å². The van der Waals surface area contributed by atoms with Gasteiger partial charge in [-0.3, -0.25) is 4.79 Å². The minimum absolute atomic E-state index is 0.0392. The second-order valence-electron chi connectivity index (χ2n) is 6.09. The van der Waals surface area contributed by atoms with Crippen molar-refractivity contribution < 1.29 is 17.6 Å². The fraction of sp³-hybridized carbons (Fsp3) is 0.667. The van der Waals surface area contributed by atoms with Crippen LogP contribution in [0.1, 0.15) is 42.8 Å². The van der Waals surface area contributed by atoms with Crippen LogP contribution in [-0.4, -0.2) is 44.1 Å². The fourth-order valence-electron chi connectivity index (χ4n) is 2.59. The van der Waals surface area contributed by atoms with E-state index >= 15 is 0 Å². The number of likely N-dealkylation sites (tertiary alicyclic amines) is 1. The molecule has 0 radical (unpaired) electrons. The molecule has 1 amide bonds. The average Bonchev–Trinajstić information content (AvgIpc) is 2.91. The smallest absolute Gasteiger partial charge is 0.257 e. The van der Waals surface area contributed by atoms with Crippen molar-refractivity contribution in [3.8, 4) is 0 Å². The Hall–Kier alpha value is -1.34. The lowest BCUT2D eigenvalue weighted by molar-refractivity contribution is 0.0674. The van der Waals surface area contributed by atoms with Crippen molar-refractivity contribution in [2.24, 2.45) is 5.92 Å². The molecule has 0 aliphatic carbocycles. The monoisotopic (exact) mass is 328 g/mol. The predicted molar refractivity (Wildman–Crippen MR) is 84.1 cm³/mol. The summed E-state index contributed by atoms with van der Waals surface area (Å²) >= 11 is 0. The molecule has 1 aromatic heterocycles. The van der Waals surface area contributed by atoms with Gasteiger partial charge in [0.15, 0.2) is 0 Å². The van der Waals surface area contributed by atoms with E-state index in [0.29, 0.717) is 31.0 Å². The van der Waals surface area contributed by atoms with Crippen LogP contribution in [0.15, 0.2) is 16.7 Å². The SMILES string of the molecule is Cc1occc1C(=O)N1CCC[C@@H](CNS(=O)(=O)C(C)C)C1. The van der Waals surface area contributed by atoms with Crippen LogP contribution in [0.3, 0.4) is 0 Å². The van der Waals surface area contributed by atoms with Gasteiger partial charge < -0.3 is 9.32 Å². The van der Waals surface area contributed by atoms with E-state index < -0.39 is 15.3 Å². The lowest BCUT2D eigenvalue weighted by atomic mass is 9.97. The van der Waals surface area contributed by atoms with Crippen molar-refractivity contribution in [1.29, 1.82) is 0 Å². The number of nitrogens with one attached hydrogen (secondary N) is 1. The van der Waals surface area contributed by atoms with Crippen molar-refractivity contribution in [3.05, 3.63) is 23.7 Å². The highest BCUT2D eigenvalue weighted by molar-refractivity contribution is 7.90. The van der Waals surface area contributed by atoms with E-state index in [1.165, 1.54) is 6.26 Å². The van der Waals surface area contributed by atoms with Crippen LogP contribution in [0.4, 0.5) is 0 Å². The van der Waals surface area contributed by atoms with Gasteiger partial charge in [0.25, 0.3) is 5.91 Å². The number of hydrogen-bond acceptors (Lipinski definition) is 4. The van der Waals surface area contributed by atoms with E-state index in [-0.39, 0.29) is 11.8 Å². The van der Waals surface area contributed by atoms with E-state index in [1.54, 1.807) is 31.7 Å². The molecular weight excluding hydrogens is 304 g/mol. The molecule has 22 heavy (non-hydrogen) atoms. The van der Waals surface area contributed by atoms with Crippen LogP contribution in [-0.2, 0) is 10.0 Å². The van der Waals surface area contributed by atoms with Crippen molar-refractivity contribution in [3.63, 3.8) is 0 Å². The van der Waals surface area contributed by atoms with E-state index in [2.05, 4.69) is 4.72 Å². The number of sulfonamides is 1. The highest BCUT2D eigenvalue weighted by Gasteiger charge is 2.27. The third kappa shape index (κ3) is 3.89. The Morgan fingerprint density at radius 1 is 1.50 bits per heavy atom. The molecule has 0 spiro atoms. The second kappa shape index (κ2) is 6.83. The minimum atomic E-state index is -3.25. The molecule has 0 aromatic carbocycles. The van der Waals surface area contributed by atoms with Gasteiger partial charge >= 0.3 is 0 Å². The standard InChI is InChI=1S/C15H24N2O4S/c1-11(2)22(19,20)16-9-13-5-4-7-17(10-13)15(18)14-6-8-21-12(14)3/h6,8,11,13,16H,4-5,7,9-10H2,1-3H3/t13-/m0/s1. The molecule has 0 bridgehead atoms. The lowest BCUT2D eigenvalue weighted by Gasteiger charge is -2.33. The normalized spacial score (nSPS) is 19.6. The first kappa shape index (κ1) is 17.0. The van der Waals surface area contributed by atoms with E-state index in [4.69, 9.17) is 4.42 Å². The molecule has 2 rings (SSSR count). The average molecular weight is 328 g/mol. The molecule has 1 fully saturated rings. The first-order valence-electron chi connectivity index (χ1n) is 7.63. The molecule has 0 unspecified atom stereocenters. The Labute approximate surface area is 131 Å². The quantitative estimate of drug-likeness (QED) is 0.893. The fourth-order valence-corrected chi connectivity index (χ4v) is 3.40. The third-order valence-corrected chi connectivity index (χ3v) is 5.90. The Kier molecular flexibility index (Phi) is 5.28. The van der Waals surface area contributed by atoms with Crippen LogP contribution >= 0.6 is 0 Å². The number of nitrogens with zero attached hydrogens (tertiary/aromatic N) is 1. The van der Waals surface area contributed by atoms with Crippen LogP contribution < -0.4 is 4.72 Å². The summed E-state index contributed by atoms with van der Waals surface area (Å²) in [4.78, 5) is 14.3. The second-order valence-corrected chi connectivity index (χ2v) is 8.41. The van der Waals surface area contributed by atoms with Gasteiger partial charge in [0, 0.05) is 19.6 Å². The van der Waals surface area contributed by atoms with Crippen molar-refractivity contribution in [1.82, 2.24) is 9.62 Å². The first-order valence-corrected chi connectivity index (χ1v) is 9.17. The largest absolute Gasteiger partial charge is 0.469 e. The molecule has 1 N–H and O–H groups in total. The molecule has 6 nitrogen and oxygen atoms in total. The Balaban J connectivity index is 1.95. The van der Waals surface area contributed by atoms with Gasteiger partial charge in [-0.1, -0.05) is 0 Å². The van der Waals surface area contributed by atoms with E-state index in [1.807, 2.05) is 0 Å². The summed E-state index contributed by atoms with van der Waals surface area (Å²) in [6.07, 6.45) is 3.33. The molecule has 1 saturated heterocycles. The van der Waals surface area contributed by atoms with Gasteiger partial charge in [0.1, 0.15) is 5.76 Å². The molecular formula is C15H24N2O4S. The van der Waals surface area contributed by atoms with Crippen molar-refractivity contribution >= 4 is 15.9 Å². The number of carbonyl (C=O) groups excluding carboxylic acids is 1. The maximum Gasteiger partial charge on any atom is 0.257 e. The van der Waals surface area contributed by atoms with Crippen LogP contribution in [0.25, 0.3) is 0 Å². The summed E-state index contributed by atoms with van der Waals surface area (Å²) in [5.41, 5.74) is 0.586. The van der Waals surface area contributed by atoms with E-state index in [9.17, 15) is 13.2 Å². The number of aryl methyl sites for hydroxylation is 1. The topological polar surface area (TPSA) is 79.6 Å². The predicted octanol–water partition coefficient (Wildman–Crippen LogP) is 1.77. The highest BCUT2D eigenvalue weighted by atomic mass is 32.2. The summed E-state index contributed by atoms with van der Waals surface area (Å²) < 4.78 is 31.5. The van der Waals surface area contributed by atoms with Crippen LogP contribution in [0.5, 0.6) is 0 Å². The molecule has 1 aromatic rings. The number of furan rings is 1. The van der Waals surface area contributed by atoms with Crippen molar-refractivity contribution in [2.45, 2.75) is 38.9 Å². The van der Waals surface area contributed by atoms with Gasteiger partial charge in [-0.05, 0) is 45.6 Å². The number of hydrogen-bond donors (Lipinski definition) is 1. The van der Waals surface area contributed by atoms with Crippen LogP contribution in [0.2, 0.25) is 0 Å². The minimum Gasteiger partial charge on any atom is -0.469 e. The molecule has 2 heterocycles. The molecule has 0 saturated carbocycles. The van der Waals surface area contributed by atoms with Gasteiger partial charge in [0.05, 0.1) is 17.1 Å². The molecule has 1 atom stereocenters. The molecule has 124 valence electrons. The first-order chi connectivity index (χ1) is 10.3. The van der Waals surface area contributed by atoms with Gasteiger partial charge in [-0.25, -0.2) is 13.1 Å².